The number of amides is 2. The molecule has 3 N–H and O–H groups in total. The number of aromatic amines is 1. The largest absolute Gasteiger partial charge is 0.439 e. The highest BCUT2D eigenvalue weighted by Crippen LogP contribution is 2.28. The Hall–Kier alpha value is -3.10. The monoisotopic (exact) mass is 402 g/mol. The van der Waals surface area contributed by atoms with E-state index in [2.05, 4.69) is 30.8 Å². The minimum Gasteiger partial charge on any atom is -0.439 e. The highest BCUT2D eigenvalue weighted by Gasteiger charge is 2.10. The van der Waals surface area contributed by atoms with Crippen LogP contribution in [0.5, 0.6) is 0 Å². The van der Waals surface area contributed by atoms with Crippen molar-refractivity contribution in [2.75, 3.05) is 5.32 Å². The van der Waals surface area contributed by atoms with Crippen LogP contribution in [0.3, 0.4) is 0 Å². The summed E-state index contributed by atoms with van der Waals surface area (Å²) in [6.45, 7) is 0.159. The normalized spacial score (nSPS) is 10.9. The number of carbonyl (C=O) groups excluding carboxylic acids is 1. The third kappa shape index (κ3) is 3.86. The van der Waals surface area contributed by atoms with Gasteiger partial charge in [0.2, 0.25) is 5.89 Å². The number of anilines is 1. The van der Waals surface area contributed by atoms with E-state index in [1.165, 1.54) is 6.20 Å². The van der Waals surface area contributed by atoms with Crippen molar-refractivity contribution < 1.29 is 9.21 Å². The van der Waals surface area contributed by atoms with Crippen molar-refractivity contribution in [3.63, 3.8) is 0 Å². The second-order valence-corrected chi connectivity index (χ2v) is 6.41. The molecule has 3 heterocycles. The molecule has 0 atom stereocenters. The maximum Gasteiger partial charge on any atom is 0.320 e. The average molecular weight is 403 g/mol. The van der Waals surface area contributed by atoms with Crippen LogP contribution in [0.15, 0.2) is 47.3 Å². The third-order valence-electron chi connectivity index (χ3n) is 3.71. The van der Waals surface area contributed by atoms with Gasteiger partial charge < -0.3 is 9.73 Å². The number of aromatic nitrogens is 4. The molecule has 136 valence electrons. The zero-order valence-corrected chi connectivity index (χ0v) is 15.2. The Labute approximate surface area is 162 Å². The maximum atomic E-state index is 12.0. The van der Waals surface area contributed by atoms with Gasteiger partial charge in [-0.1, -0.05) is 23.2 Å². The molecule has 8 nitrogen and oxygen atoms in total. The van der Waals surface area contributed by atoms with Crippen molar-refractivity contribution in [2.45, 2.75) is 6.54 Å². The molecule has 2 amide bonds. The minimum atomic E-state index is -0.422. The summed E-state index contributed by atoms with van der Waals surface area (Å²) in [4.78, 5) is 20.4. The van der Waals surface area contributed by atoms with E-state index in [1.54, 1.807) is 36.7 Å². The van der Waals surface area contributed by atoms with Gasteiger partial charge in [-0.25, -0.2) is 14.8 Å². The summed E-state index contributed by atoms with van der Waals surface area (Å²) < 4.78 is 5.63. The Morgan fingerprint density at radius 3 is 2.85 bits per heavy atom. The van der Waals surface area contributed by atoms with Crippen LogP contribution < -0.4 is 10.6 Å². The Balaban J connectivity index is 1.37. The van der Waals surface area contributed by atoms with E-state index in [9.17, 15) is 4.79 Å². The summed E-state index contributed by atoms with van der Waals surface area (Å²) in [6, 6.07) is 6.35. The summed E-state index contributed by atoms with van der Waals surface area (Å²) in [5.41, 5.74) is 1.47. The molecule has 4 aromatic rings. The molecule has 1 aromatic carbocycles. The number of pyridine rings is 1. The van der Waals surface area contributed by atoms with Gasteiger partial charge in [0.25, 0.3) is 0 Å². The molecule has 0 unspecified atom stereocenters. The number of hydrogen-bond donors (Lipinski definition) is 3. The van der Waals surface area contributed by atoms with Crippen molar-refractivity contribution in [1.29, 1.82) is 0 Å². The van der Waals surface area contributed by atoms with E-state index < -0.39 is 6.03 Å². The molecular formula is C17H12Cl2N6O2. The van der Waals surface area contributed by atoms with Gasteiger partial charge in [0.05, 0.1) is 34.5 Å². The van der Waals surface area contributed by atoms with E-state index in [0.717, 1.165) is 10.9 Å². The number of fused-ring (bicyclic) bond motifs is 1. The first kappa shape index (κ1) is 17.3. The second-order valence-electron chi connectivity index (χ2n) is 5.60. The second kappa shape index (κ2) is 7.26. The number of rotatable bonds is 4. The zero-order chi connectivity index (χ0) is 18.8. The summed E-state index contributed by atoms with van der Waals surface area (Å²) in [5, 5.41) is 13.8. The van der Waals surface area contributed by atoms with Gasteiger partial charge in [-0.3, -0.25) is 10.4 Å². The minimum absolute atomic E-state index is 0.159. The number of H-pyrrole nitrogens is 1. The van der Waals surface area contributed by atoms with E-state index in [-0.39, 0.29) is 6.54 Å². The highest BCUT2D eigenvalue weighted by molar-refractivity contribution is 6.42. The third-order valence-corrected chi connectivity index (χ3v) is 4.45. The van der Waals surface area contributed by atoms with Gasteiger partial charge in [-0.15, -0.1) is 0 Å². The van der Waals surface area contributed by atoms with Crippen molar-refractivity contribution in [3.8, 4) is 11.5 Å². The molecule has 4 rings (SSSR count). The fourth-order valence-corrected chi connectivity index (χ4v) is 2.68. The zero-order valence-electron chi connectivity index (χ0n) is 13.7. The van der Waals surface area contributed by atoms with Gasteiger partial charge in [0, 0.05) is 23.2 Å². The summed E-state index contributed by atoms with van der Waals surface area (Å²) >= 11 is 11.9. The maximum absolute atomic E-state index is 12.0. The molecule has 0 spiro atoms. The van der Waals surface area contributed by atoms with Crippen LogP contribution in [-0.2, 0) is 6.54 Å². The van der Waals surface area contributed by atoms with E-state index in [4.69, 9.17) is 27.6 Å². The number of hydrogen-bond acceptors (Lipinski definition) is 5. The van der Waals surface area contributed by atoms with Crippen LogP contribution in [0.1, 0.15) is 5.76 Å². The van der Waals surface area contributed by atoms with Crippen LogP contribution in [0.4, 0.5) is 10.6 Å². The first-order valence-electron chi connectivity index (χ1n) is 7.82. The molecule has 0 aliphatic rings. The van der Waals surface area contributed by atoms with Crippen LogP contribution >= 0.6 is 23.2 Å². The highest BCUT2D eigenvalue weighted by atomic mass is 35.5. The molecule has 0 aliphatic carbocycles. The molecule has 0 fully saturated rings. The number of nitrogens with zero attached hydrogens (tertiary/aromatic N) is 3. The summed E-state index contributed by atoms with van der Waals surface area (Å²) in [6.07, 6.45) is 4.81. The van der Waals surface area contributed by atoms with Crippen LogP contribution in [-0.4, -0.2) is 26.2 Å². The molecule has 0 aliphatic heterocycles. The lowest BCUT2D eigenvalue weighted by Gasteiger charge is -2.05. The van der Waals surface area contributed by atoms with Gasteiger partial charge in [0.1, 0.15) is 11.6 Å². The van der Waals surface area contributed by atoms with E-state index in [0.29, 0.717) is 33.1 Å². The Kier molecular flexibility index (Phi) is 4.66. The lowest BCUT2D eigenvalue weighted by molar-refractivity contribution is 0.251. The molecule has 0 radical (unpaired) electrons. The lowest BCUT2D eigenvalue weighted by Crippen LogP contribution is -2.28. The number of nitrogens with one attached hydrogen (secondary N) is 3. The Morgan fingerprint density at radius 2 is 2.00 bits per heavy atom. The van der Waals surface area contributed by atoms with Crippen molar-refractivity contribution in [1.82, 2.24) is 25.5 Å². The number of urea groups is 1. The van der Waals surface area contributed by atoms with Crippen molar-refractivity contribution >= 4 is 46.0 Å². The Bertz CT molecular complexity index is 1120. The molecule has 27 heavy (non-hydrogen) atoms. The SMILES string of the molecule is O=C(NCc1cnc(-c2ccc(Cl)c(Cl)c2)o1)Nc1cc2[nH]ncc2cn1. The molecule has 0 saturated carbocycles. The average Bonchev–Trinajstić information content (AvgIpc) is 3.31. The smallest absolute Gasteiger partial charge is 0.320 e. The van der Waals surface area contributed by atoms with Crippen LogP contribution in [0.2, 0.25) is 10.0 Å². The van der Waals surface area contributed by atoms with Crippen molar-refractivity contribution in [3.05, 3.63) is 58.7 Å². The van der Waals surface area contributed by atoms with Crippen LogP contribution in [0.25, 0.3) is 22.4 Å². The number of oxazole rings is 1. The van der Waals surface area contributed by atoms with Crippen LogP contribution in [0, 0.1) is 0 Å². The number of halogens is 2. The predicted molar refractivity (Wildman–Crippen MR) is 102 cm³/mol. The summed E-state index contributed by atoms with van der Waals surface area (Å²) in [5.74, 6) is 1.28. The molecular weight excluding hydrogens is 391 g/mol. The van der Waals surface area contributed by atoms with E-state index in [1.807, 2.05) is 0 Å². The molecule has 3 aromatic heterocycles. The summed E-state index contributed by atoms with van der Waals surface area (Å²) in [7, 11) is 0. The number of carbonyl (C=O) groups is 1. The molecule has 0 bridgehead atoms. The predicted octanol–water partition coefficient (Wildman–Crippen LogP) is 4.24. The van der Waals surface area contributed by atoms with Gasteiger partial charge in [-0.2, -0.15) is 5.10 Å². The molecule has 0 saturated heterocycles. The first-order valence-corrected chi connectivity index (χ1v) is 8.58. The Morgan fingerprint density at radius 1 is 1.11 bits per heavy atom. The fraction of sp³-hybridized carbons (Fsp3) is 0.0588. The topological polar surface area (TPSA) is 109 Å². The fourth-order valence-electron chi connectivity index (χ4n) is 2.39. The van der Waals surface area contributed by atoms with Gasteiger partial charge in [-0.05, 0) is 18.2 Å². The number of benzene rings is 1. The lowest BCUT2D eigenvalue weighted by atomic mass is 10.2. The van der Waals surface area contributed by atoms with Crippen molar-refractivity contribution in [2.24, 2.45) is 0 Å². The quantitative estimate of drug-likeness (QED) is 0.472. The standard InChI is InChI=1S/C17H12Cl2N6O2/c18-12-2-1-9(3-13(12)19)16-21-7-11(27-16)8-22-17(26)24-15-4-14-10(5-20-15)6-23-25-14/h1-7H,8H2,(H,23,25)(H2,20,22,24,26). The van der Waals surface area contributed by atoms with Gasteiger partial charge in [0.15, 0.2) is 0 Å². The van der Waals surface area contributed by atoms with Gasteiger partial charge >= 0.3 is 6.03 Å². The van der Waals surface area contributed by atoms with E-state index >= 15 is 0 Å². The first-order chi connectivity index (χ1) is 13.1. The molecule has 10 heteroatoms.